The molecule has 8 nitrogen and oxygen atoms in total. The number of rotatable bonds is 5. The van der Waals surface area contributed by atoms with Gasteiger partial charge in [0.05, 0.1) is 20.8 Å². The summed E-state index contributed by atoms with van der Waals surface area (Å²) < 4.78 is 15.9. The first-order valence-corrected chi connectivity index (χ1v) is 7.54. The zero-order chi connectivity index (χ0) is 16.9. The van der Waals surface area contributed by atoms with Crippen LogP contribution in [0.2, 0.25) is 0 Å². The Kier molecular flexibility index (Phi) is 4.74. The Labute approximate surface area is 139 Å². The maximum Gasteiger partial charge on any atom is 0.259 e. The van der Waals surface area contributed by atoms with Crippen molar-refractivity contribution in [3.63, 3.8) is 0 Å². The average Bonchev–Trinajstić information content (AvgIpc) is 3.10. The average molecular weight is 330 g/mol. The molecule has 1 aliphatic heterocycles. The number of nitrogens with zero attached hydrogens (tertiary/aromatic N) is 4. The molecule has 0 saturated carbocycles. The van der Waals surface area contributed by atoms with Crippen molar-refractivity contribution in [1.82, 2.24) is 20.1 Å². The van der Waals surface area contributed by atoms with Gasteiger partial charge >= 0.3 is 0 Å². The minimum atomic E-state index is -0.126. The fraction of sp³-hybridized carbons (Fsp3) is 0.375. The van der Waals surface area contributed by atoms with Crippen LogP contribution in [0.5, 0.6) is 17.6 Å². The van der Waals surface area contributed by atoms with Crippen molar-refractivity contribution in [1.29, 1.82) is 0 Å². The molecule has 8 heteroatoms. The van der Waals surface area contributed by atoms with Gasteiger partial charge < -0.3 is 19.1 Å². The number of pyridine rings is 1. The number of hydrogen-bond donors (Lipinski definition) is 0. The van der Waals surface area contributed by atoms with Crippen molar-refractivity contribution in [3.05, 3.63) is 36.0 Å². The van der Waals surface area contributed by atoms with Gasteiger partial charge in [-0.25, -0.2) is 4.98 Å². The molecule has 0 aliphatic carbocycles. The Balaban J connectivity index is 1.63. The summed E-state index contributed by atoms with van der Waals surface area (Å²) in [6, 6.07) is 6.80. The van der Waals surface area contributed by atoms with Crippen LogP contribution in [0.1, 0.15) is 16.8 Å². The Morgan fingerprint density at radius 2 is 1.96 bits per heavy atom. The van der Waals surface area contributed by atoms with E-state index >= 15 is 0 Å². The number of carbonyl (C=O) groups excluding carboxylic acids is 1. The highest BCUT2D eigenvalue weighted by atomic mass is 16.5. The van der Waals surface area contributed by atoms with E-state index in [1.165, 1.54) is 14.2 Å². The maximum atomic E-state index is 12.6. The molecule has 1 unspecified atom stereocenters. The second kappa shape index (κ2) is 7.12. The predicted molar refractivity (Wildman–Crippen MR) is 84.3 cm³/mol. The van der Waals surface area contributed by atoms with E-state index in [0.717, 1.165) is 6.42 Å². The van der Waals surface area contributed by atoms with E-state index in [9.17, 15) is 4.79 Å². The second-order valence-electron chi connectivity index (χ2n) is 5.25. The molecule has 1 atom stereocenters. The van der Waals surface area contributed by atoms with Gasteiger partial charge in [0.2, 0.25) is 17.6 Å². The summed E-state index contributed by atoms with van der Waals surface area (Å²) in [4.78, 5) is 18.4. The fourth-order valence-electron chi connectivity index (χ4n) is 2.55. The van der Waals surface area contributed by atoms with Crippen LogP contribution in [-0.2, 0) is 0 Å². The van der Waals surface area contributed by atoms with Gasteiger partial charge in [-0.15, -0.1) is 10.2 Å². The van der Waals surface area contributed by atoms with Gasteiger partial charge in [0, 0.05) is 31.3 Å². The summed E-state index contributed by atoms with van der Waals surface area (Å²) >= 11 is 0. The first-order chi connectivity index (χ1) is 11.7. The third kappa shape index (κ3) is 3.37. The van der Waals surface area contributed by atoms with Gasteiger partial charge in [0.1, 0.15) is 11.7 Å². The number of ether oxygens (including phenoxy) is 3. The highest BCUT2D eigenvalue weighted by molar-refractivity contribution is 5.96. The topological polar surface area (TPSA) is 86.7 Å². The van der Waals surface area contributed by atoms with Gasteiger partial charge in [0.25, 0.3) is 5.91 Å². The zero-order valence-corrected chi connectivity index (χ0v) is 13.5. The number of hydrogen-bond acceptors (Lipinski definition) is 7. The molecule has 1 saturated heterocycles. The lowest BCUT2D eigenvalue weighted by molar-refractivity contribution is 0.0766. The van der Waals surface area contributed by atoms with Crippen LogP contribution < -0.4 is 14.2 Å². The van der Waals surface area contributed by atoms with Crippen molar-refractivity contribution >= 4 is 5.91 Å². The molecule has 0 N–H and O–H groups in total. The molecule has 24 heavy (non-hydrogen) atoms. The summed E-state index contributed by atoms with van der Waals surface area (Å²) in [6.45, 7) is 1.08. The van der Waals surface area contributed by atoms with Crippen LogP contribution >= 0.6 is 0 Å². The standard InChI is InChI=1S/C16H18N4O4/c1-22-13-5-6-14(19-18-13)24-11-7-9-20(10-11)16(21)12-4-3-8-17-15(12)23-2/h3-6,8,11H,7,9-10H2,1-2H3. The van der Waals surface area contributed by atoms with Crippen molar-refractivity contribution in [2.24, 2.45) is 0 Å². The summed E-state index contributed by atoms with van der Waals surface area (Å²) in [6.07, 6.45) is 2.19. The van der Waals surface area contributed by atoms with Crippen molar-refractivity contribution in [2.75, 3.05) is 27.3 Å². The lowest BCUT2D eigenvalue weighted by atomic mass is 10.2. The third-order valence-electron chi connectivity index (χ3n) is 3.74. The molecule has 0 spiro atoms. The van der Waals surface area contributed by atoms with Gasteiger partial charge in [-0.2, -0.15) is 0 Å². The van der Waals surface area contributed by atoms with Crippen LogP contribution in [0, 0.1) is 0 Å². The number of amides is 1. The molecule has 3 heterocycles. The van der Waals surface area contributed by atoms with Crippen molar-refractivity contribution < 1.29 is 19.0 Å². The lowest BCUT2D eigenvalue weighted by Gasteiger charge is -2.17. The minimum Gasteiger partial charge on any atom is -0.480 e. The van der Waals surface area contributed by atoms with Crippen LogP contribution in [0.4, 0.5) is 0 Å². The van der Waals surface area contributed by atoms with E-state index in [-0.39, 0.29) is 12.0 Å². The lowest BCUT2D eigenvalue weighted by Crippen LogP contribution is -2.31. The zero-order valence-electron chi connectivity index (χ0n) is 13.5. The molecule has 126 valence electrons. The minimum absolute atomic E-state index is 0.119. The highest BCUT2D eigenvalue weighted by Crippen LogP contribution is 2.22. The highest BCUT2D eigenvalue weighted by Gasteiger charge is 2.30. The molecule has 2 aromatic heterocycles. The maximum absolute atomic E-state index is 12.6. The summed E-state index contributed by atoms with van der Waals surface area (Å²) in [5.74, 6) is 1.04. The number of carbonyl (C=O) groups is 1. The van der Waals surface area contributed by atoms with Gasteiger partial charge in [-0.3, -0.25) is 4.79 Å². The first-order valence-electron chi connectivity index (χ1n) is 7.54. The van der Waals surface area contributed by atoms with E-state index in [1.807, 2.05) is 0 Å². The molecule has 1 fully saturated rings. The monoisotopic (exact) mass is 330 g/mol. The summed E-state index contributed by atoms with van der Waals surface area (Å²) in [7, 11) is 3.02. The van der Waals surface area contributed by atoms with E-state index in [4.69, 9.17) is 14.2 Å². The van der Waals surface area contributed by atoms with Gasteiger partial charge in [0.15, 0.2) is 0 Å². The molecule has 1 amide bonds. The van der Waals surface area contributed by atoms with E-state index in [1.54, 1.807) is 35.4 Å². The fourth-order valence-corrected chi connectivity index (χ4v) is 2.55. The van der Waals surface area contributed by atoms with Crippen molar-refractivity contribution in [2.45, 2.75) is 12.5 Å². The summed E-state index contributed by atoms with van der Waals surface area (Å²) in [5.41, 5.74) is 0.449. The Bertz CT molecular complexity index is 707. The van der Waals surface area contributed by atoms with Crippen LogP contribution in [0.3, 0.4) is 0 Å². The Hall–Kier alpha value is -2.90. The SMILES string of the molecule is COc1ccc(OC2CCN(C(=O)c3cccnc3OC)C2)nn1. The molecule has 3 rings (SSSR count). The predicted octanol–water partition coefficient (Wildman–Crippen LogP) is 1.18. The smallest absolute Gasteiger partial charge is 0.259 e. The van der Waals surface area contributed by atoms with Crippen LogP contribution in [-0.4, -0.2) is 59.4 Å². The number of methoxy groups -OCH3 is 2. The van der Waals surface area contributed by atoms with Gasteiger partial charge in [-0.05, 0) is 12.1 Å². The van der Waals surface area contributed by atoms with Crippen LogP contribution in [0.25, 0.3) is 0 Å². The van der Waals surface area contributed by atoms with E-state index < -0.39 is 0 Å². The molecular weight excluding hydrogens is 312 g/mol. The number of likely N-dealkylation sites (tertiary alicyclic amines) is 1. The Morgan fingerprint density at radius 3 is 2.67 bits per heavy atom. The largest absolute Gasteiger partial charge is 0.480 e. The number of aromatic nitrogens is 3. The second-order valence-corrected chi connectivity index (χ2v) is 5.25. The van der Waals surface area contributed by atoms with Gasteiger partial charge in [-0.1, -0.05) is 0 Å². The molecule has 2 aromatic rings. The molecule has 0 radical (unpaired) electrons. The normalized spacial score (nSPS) is 16.8. The molecular formula is C16H18N4O4. The summed E-state index contributed by atoms with van der Waals surface area (Å²) in [5, 5.41) is 7.80. The quantitative estimate of drug-likeness (QED) is 0.813. The molecule has 0 bridgehead atoms. The molecule has 1 aliphatic rings. The first kappa shape index (κ1) is 16.0. The van der Waals surface area contributed by atoms with Crippen molar-refractivity contribution in [3.8, 4) is 17.6 Å². The van der Waals surface area contributed by atoms with E-state index in [0.29, 0.717) is 36.3 Å². The Morgan fingerprint density at radius 1 is 1.17 bits per heavy atom. The van der Waals surface area contributed by atoms with E-state index in [2.05, 4.69) is 15.2 Å². The van der Waals surface area contributed by atoms with Crippen LogP contribution in [0.15, 0.2) is 30.5 Å². The third-order valence-corrected chi connectivity index (χ3v) is 3.74. The molecule has 0 aromatic carbocycles.